The Morgan fingerprint density at radius 3 is 2.66 bits per heavy atom. The van der Waals surface area contributed by atoms with Crippen LogP contribution in [0.25, 0.3) is 0 Å². The summed E-state index contributed by atoms with van der Waals surface area (Å²) in [4.78, 5) is 41.6. The van der Waals surface area contributed by atoms with Crippen molar-refractivity contribution in [3.63, 3.8) is 0 Å². The van der Waals surface area contributed by atoms with E-state index in [1.807, 2.05) is 30.3 Å². The van der Waals surface area contributed by atoms with E-state index in [9.17, 15) is 9.59 Å². The molecule has 1 saturated heterocycles. The number of methoxy groups -OCH3 is 1. The number of halogens is 1. The first kappa shape index (κ1) is 22.4. The number of benzene rings is 2. The lowest BCUT2D eigenvalue weighted by molar-refractivity contribution is -0.277. The first-order valence-corrected chi connectivity index (χ1v) is 11.5. The van der Waals surface area contributed by atoms with Crippen molar-refractivity contribution < 1.29 is 24.1 Å². The van der Waals surface area contributed by atoms with Gasteiger partial charge in [0.05, 0.1) is 7.11 Å². The summed E-state index contributed by atoms with van der Waals surface area (Å²) in [5, 5.41) is -0.279. The molecule has 2 atom stereocenters. The number of nitrogens with zero attached hydrogens (tertiary/aromatic N) is 2. The summed E-state index contributed by atoms with van der Waals surface area (Å²) in [6.07, 6.45) is 1.68. The van der Waals surface area contributed by atoms with Gasteiger partial charge in [0.15, 0.2) is 6.04 Å². The summed E-state index contributed by atoms with van der Waals surface area (Å²) in [5.74, 6) is 0.342. The van der Waals surface area contributed by atoms with Gasteiger partial charge in [0.1, 0.15) is 23.4 Å². The number of fused-ring (bicyclic) bond motifs is 1. The van der Waals surface area contributed by atoms with E-state index in [4.69, 9.17) is 26.1 Å². The molecule has 0 aromatic heterocycles. The molecule has 2 aliphatic heterocycles. The molecule has 2 heterocycles. The number of carbonyl (C=O) groups excluding carboxylic acids is 2. The number of thioether (sulfide) groups is 1. The van der Waals surface area contributed by atoms with Gasteiger partial charge < -0.3 is 4.74 Å². The average molecular weight is 473 g/mol. The lowest BCUT2D eigenvalue weighted by atomic mass is 10.0. The lowest BCUT2D eigenvalue weighted by Gasteiger charge is -2.47. The van der Waals surface area contributed by atoms with Crippen molar-refractivity contribution in [2.24, 2.45) is 4.99 Å². The molecule has 0 unspecified atom stereocenters. The molecule has 0 spiro atoms. The van der Waals surface area contributed by atoms with Gasteiger partial charge in [-0.15, -0.1) is 23.4 Å². The molecule has 0 bridgehead atoms. The first-order valence-electron chi connectivity index (χ1n) is 9.90. The second-order valence-electron chi connectivity index (χ2n) is 7.11. The molecule has 9 heteroatoms. The number of carbonyl (C=O) groups is 2. The van der Waals surface area contributed by atoms with Crippen LogP contribution in [0, 0.1) is 0 Å². The number of hydrogen-bond acceptors (Lipinski definition) is 7. The van der Waals surface area contributed by atoms with E-state index in [0.717, 1.165) is 11.1 Å². The van der Waals surface area contributed by atoms with Gasteiger partial charge in [0.2, 0.25) is 0 Å². The Labute approximate surface area is 194 Å². The van der Waals surface area contributed by atoms with Crippen LogP contribution in [0.3, 0.4) is 0 Å². The molecule has 2 aliphatic rings. The largest absolute Gasteiger partial charge is 0.497 e. The number of β-lactam (4-membered cyclic amide) rings is 1. The van der Waals surface area contributed by atoms with Crippen molar-refractivity contribution >= 4 is 41.5 Å². The molecular weight excluding hydrogens is 452 g/mol. The fraction of sp³-hybridized carbons (Fsp3) is 0.261. The van der Waals surface area contributed by atoms with Gasteiger partial charge in [-0.3, -0.25) is 19.6 Å². The maximum Gasteiger partial charge on any atom is 0.389 e. The Kier molecular flexibility index (Phi) is 7.14. The average Bonchev–Trinajstić information content (AvgIpc) is 2.84. The van der Waals surface area contributed by atoms with Crippen molar-refractivity contribution in [3.05, 3.63) is 77.0 Å². The van der Waals surface area contributed by atoms with Crippen LogP contribution < -0.4 is 4.74 Å². The van der Waals surface area contributed by atoms with Gasteiger partial charge in [-0.1, -0.05) is 42.5 Å². The van der Waals surface area contributed by atoms with Crippen LogP contribution in [0.4, 0.5) is 0 Å². The molecule has 0 saturated carbocycles. The molecule has 2 aromatic rings. The summed E-state index contributed by atoms with van der Waals surface area (Å²) < 4.78 is 5.11. The number of rotatable bonds is 8. The molecular formula is C23H21ClN2O5S. The minimum Gasteiger partial charge on any atom is -0.497 e. The van der Waals surface area contributed by atoms with Gasteiger partial charge in [-0.05, 0) is 28.8 Å². The Balaban J connectivity index is 1.40. The summed E-state index contributed by atoms with van der Waals surface area (Å²) in [7, 11) is 1.58. The molecule has 0 radical (unpaired) electrons. The molecule has 32 heavy (non-hydrogen) atoms. The lowest BCUT2D eigenvalue weighted by Crippen LogP contribution is -2.64. The SMILES string of the molecule is COc1ccc(COOC(=O)C2=C(CCl)CS[C@H]3[C@H](N=Cc4ccccc4)C(=O)N23)cc1. The highest BCUT2D eigenvalue weighted by molar-refractivity contribution is 8.00. The predicted molar refractivity (Wildman–Crippen MR) is 123 cm³/mol. The van der Waals surface area contributed by atoms with Crippen LogP contribution in [0.5, 0.6) is 5.75 Å². The highest BCUT2D eigenvalue weighted by atomic mass is 35.5. The maximum absolute atomic E-state index is 12.8. The number of hydrogen-bond donors (Lipinski definition) is 0. The molecule has 1 amide bonds. The molecule has 0 aliphatic carbocycles. The van der Waals surface area contributed by atoms with Crippen molar-refractivity contribution in [1.82, 2.24) is 4.90 Å². The normalized spacial score (nSPS) is 20.2. The van der Waals surface area contributed by atoms with Crippen LogP contribution in [-0.4, -0.2) is 53.1 Å². The third-order valence-electron chi connectivity index (χ3n) is 5.08. The van der Waals surface area contributed by atoms with E-state index < -0.39 is 12.0 Å². The van der Waals surface area contributed by atoms with Gasteiger partial charge in [0, 0.05) is 17.8 Å². The van der Waals surface area contributed by atoms with Crippen molar-refractivity contribution in [3.8, 4) is 5.75 Å². The fourth-order valence-corrected chi connectivity index (χ4v) is 5.05. The molecule has 1 fully saturated rings. The van der Waals surface area contributed by atoms with Crippen molar-refractivity contribution in [2.75, 3.05) is 18.7 Å². The standard InChI is InChI=1S/C23H21ClN2O5S/c1-29-18-9-7-16(8-10-18)13-30-31-23(28)20-17(11-24)14-32-22-19(21(27)26(20)22)25-12-15-5-3-2-4-6-15/h2-10,12,19,22H,11,13-14H2,1H3/t19-,22+/m1/s1. The Hall–Kier alpha value is -2.81. The number of ether oxygens (including phenoxy) is 1. The minimum absolute atomic E-state index is 0.0648. The summed E-state index contributed by atoms with van der Waals surface area (Å²) >= 11 is 7.57. The zero-order chi connectivity index (χ0) is 22.5. The number of alkyl halides is 1. The van der Waals surface area contributed by atoms with E-state index in [1.165, 1.54) is 16.7 Å². The molecule has 7 nitrogen and oxygen atoms in total. The Bertz CT molecular complexity index is 1040. The summed E-state index contributed by atoms with van der Waals surface area (Å²) in [6, 6.07) is 16.2. The minimum atomic E-state index is -0.738. The zero-order valence-electron chi connectivity index (χ0n) is 17.3. The summed E-state index contributed by atoms with van der Waals surface area (Å²) in [6.45, 7) is 0.0648. The molecule has 166 valence electrons. The quantitative estimate of drug-likeness (QED) is 0.192. The van der Waals surface area contributed by atoms with Gasteiger partial charge >= 0.3 is 5.97 Å². The van der Waals surface area contributed by atoms with E-state index in [2.05, 4.69) is 4.99 Å². The third kappa shape index (κ3) is 4.67. The zero-order valence-corrected chi connectivity index (χ0v) is 18.8. The highest BCUT2D eigenvalue weighted by Gasteiger charge is 2.53. The fourth-order valence-electron chi connectivity index (χ4n) is 3.38. The Morgan fingerprint density at radius 2 is 1.97 bits per heavy atom. The van der Waals surface area contributed by atoms with E-state index in [0.29, 0.717) is 17.1 Å². The van der Waals surface area contributed by atoms with Crippen LogP contribution in [0.1, 0.15) is 11.1 Å². The highest BCUT2D eigenvalue weighted by Crippen LogP contribution is 2.42. The number of aliphatic imine (C=N–C) groups is 1. The maximum atomic E-state index is 12.8. The Morgan fingerprint density at radius 1 is 1.22 bits per heavy atom. The molecule has 0 N–H and O–H groups in total. The second kappa shape index (κ2) is 10.2. The monoisotopic (exact) mass is 472 g/mol. The second-order valence-corrected chi connectivity index (χ2v) is 8.48. The smallest absolute Gasteiger partial charge is 0.389 e. The van der Waals surface area contributed by atoms with Crippen LogP contribution >= 0.6 is 23.4 Å². The molecule has 2 aromatic carbocycles. The van der Waals surface area contributed by atoms with Gasteiger partial charge in [-0.2, -0.15) is 4.89 Å². The van der Waals surface area contributed by atoms with Crippen LogP contribution in [0.15, 0.2) is 70.9 Å². The van der Waals surface area contributed by atoms with Crippen LogP contribution in [0.2, 0.25) is 0 Å². The van der Waals surface area contributed by atoms with E-state index >= 15 is 0 Å². The topological polar surface area (TPSA) is 77.4 Å². The van der Waals surface area contributed by atoms with Crippen LogP contribution in [-0.2, 0) is 26.0 Å². The van der Waals surface area contributed by atoms with Crippen molar-refractivity contribution in [1.29, 1.82) is 0 Å². The van der Waals surface area contributed by atoms with Gasteiger partial charge in [0.25, 0.3) is 5.91 Å². The van der Waals surface area contributed by atoms with E-state index in [1.54, 1.807) is 37.6 Å². The third-order valence-corrected chi connectivity index (χ3v) is 6.72. The van der Waals surface area contributed by atoms with E-state index in [-0.39, 0.29) is 29.5 Å². The van der Waals surface area contributed by atoms with Crippen molar-refractivity contribution in [2.45, 2.75) is 18.0 Å². The first-order chi connectivity index (χ1) is 15.6. The summed E-state index contributed by atoms with van der Waals surface area (Å²) in [5.41, 5.74) is 2.49. The number of amides is 1. The predicted octanol–water partition coefficient (Wildman–Crippen LogP) is 3.57. The molecule has 4 rings (SSSR count). The van der Waals surface area contributed by atoms with Gasteiger partial charge in [-0.25, -0.2) is 4.79 Å².